The SMILES string of the molecule is Cc1nc(CN2CC[C@@H](NC3CSCCSC3)[C@H](O)C2)cs1. The molecule has 3 heterocycles. The summed E-state index contributed by atoms with van der Waals surface area (Å²) in [5, 5.41) is 17.4. The maximum atomic E-state index is 10.5. The molecule has 1 aromatic rings. The van der Waals surface area contributed by atoms with E-state index in [0.717, 1.165) is 36.8 Å². The standard InChI is InChI=1S/C15H25N3OS3/c1-11-16-12(10-22-11)6-18-3-2-14(15(19)7-18)17-13-8-20-4-5-21-9-13/h10,13-15,17,19H,2-9H2,1H3/t14-,15-/m1/s1. The summed E-state index contributed by atoms with van der Waals surface area (Å²) < 4.78 is 0. The number of piperidine rings is 1. The van der Waals surface area contributed by atoms with E-state index in [1.54, 1.807) is 11.3 Å². The zero-order valence-corrected chi connectivity index (χ0v) is 15.5. The molecule has 3 rings (SSSR count). The monoisotopic (exact) mass is 359 g/mol. The molecule has 0 bridgehead atoms. The van der Waals surface area contributed by atoms with Crippen molar-refractivity contribution in [2.24, 2.45) is 0 Å². The Morgan fingerprint density at radius 2 is 2.14 bits per heavy atom. The van der Waals surface area contributed by atoms with Gasteiger partial charge in [0.05, 0.1) is 16.8 Å². The number of nitrogens with one attached hydrogen (secondary N) is 1. The quantitative estimate of drug-likeness (QED) is 0.855. The molecule has 0 aromatic carbocycles. The van der Waals surface area contributed by atoms with Crippen LogP contribution in [0.25, 0.3) is 0 Å². The number of thiazole rings is 1. The van der Waals surface area contributed by atoms with Crippen LogP contribution in [0.1, 0.15) is 17.1 Å². The van der Waals surface area contributed by atoms with Crippen LogP contribution in [0.4, 0.5) is 0 Å². The third kappa shape index (κ3) is 4.85. The normalized spacial score (nSPS) is 28.6. The molecular formula is C15H25N3OS3. The third-order valence-corrected chi connectivity index (χ3v) is 7.52. The number of likely N-dealkylation sites (tertiary alicyclic amines) is 1. The van der Waals surface area contributed by atoms with E-state index < -0.39 is 0 Å². The predicted molar refractivity (Wildman–Crippen MR) is 98.1 cm³/mol. The van der Waals surface area contributed by atoms with Gasteiger partial charge in [-0.05, 0) is 13.3 Å². The van der Waals surface area contributed by atoms with Crippen LogP contribution in [-0.4, -0.2) is 69.3 Å². The van der Waals surface area contributed by atoms with E-state index >= 15 is 0 Å². The molecule has 0 aliphatic carbocycles. The Labute approximate surface area is 145 Å². The number of hydrogen-bond donors (Lipinski definition) is 2. The first-order valence-corrected chi connectivity index (χ1v) is 11.1. The molecule has 7 heteroatoms. The predicted octanol–water partition coefficient (Wildman–Crippen LogP) is 1.82. The Bertz CT molecular complexity index is 463. The van der Waals surface area contributed by atoms with Gasteiger partial charge in [-0.2, -0.15) is 23.5 Å². The molecule has 0 spiro atoms. The summed E-state index contributed by atoms with van der Waals surface area (Å²) >= 11 is 5.77. The molecule has 0 radical (unpaired) electrons. The van der Waals surface area contributed by atoms with Crippen LogP contribution < -0.4 is 5.32 Å². The van der Waals surface area contributed by atoms with Crippen LogP contribution in [0.3, 0.4) is 0 Å². The highest BCUT2D eigenvalue weighted by molar-refractivity contribution is 8.03. The van der Waals surface area contributed by atoms with Crippen molar-refractivity contribution in [3.63, 3.8) is 0 Å². The molecule has 4 nitrogen and oxygen atoms in total. The first-order valence-electron chi connectivity index (χ1n) is 7.93. The van der Waals surface area contributed by atoms with Gasteiger partial charge in [-0.1, -0.05) is 0 Å². The van der Waals surface area contributed by atoms with Crippen molar-refractivity contribution in [1.29, 1.82) is 0 Å². The van der Waals surface area contributed by atoms with E-state index in [1.165, 1.54) is 23.0 Å². The Morgan fingerprint density at radius 3 is 2.77 bits per heavy atom. The van der Waals surface area contributed by atoms with Gasteiger partial charge in [0.2, 0.25) is 0 Å². The molecule has 1 aromatic heterocycles. The molecule has 0 unspecified atom stereocenters. The fraction of sp³-hybridized carbons (Fsp3) is 0.800. The highest BCUT2D eigenvalue weighted by Gasteiger charge is 2.29. The van der Waals surface area contributed by atoms with E-state index in [4.69, 9.17) is 0 Å². The van der Waals surface area contributed by atoms with Crippen LogP contribution in [-0.2, 0) is 6.54 Å². The second-order valence-corrected chi connectivity index (χ2v) is 9.43. The highest BCUT2D eigenvalue weighted by atomic mass is 32.2. The minimum absolute atomic E-state index is 0.248. The Hall–Kier alpha value is 0.210. The van der Waals surface area contributed by atoms with Crippen LogP contribution >= 0.6 is 34.9 Å². The number of aryl methyl sites for hydroxylation is 1. The summed E-state index contributed by atoms with van der Waals surface area (Å²) in [5.41, 5.74) is 1.14. The van der Waals surface area contributed by atoms with Gasteiger partial charge in [-0.25, -0.2) is 4.98 Å². The lowest BCUT2D eigenvalue weighted by atomic mass is 10.0. The molecule has 2 saturated heterocycles. The Kier molecular flexibility index (Phi) is 6.47. The number of aliphatic hydroxyl groups is 1. The topological polar surface area (TPSA) is 48.4 Å². The van der Waals surface area contributed by atoms with E-state index in [0.29, 0.717) is 6.04 Å². The summed E-state index contributed by atoms with van der Waals surface area (Å²) in [6.45, 7) is 4.70. The minimum Gasteiger partial charge on any atom is -0.390 e. The van der Waals surface area contributed by atoms with E-state index in [2.05, 4.69) is 20.6 Å². The smallest absolute Gasteiger partial charge is 0.0897 e. The maximum absolute atomic E-state index is 10.5. The molecule has 124 valence electrons. The van der Waals surface area contributed by atoms with Gasteiger partial charge in [0.15, 0.2) is 0 Å². The fourth-order valence-electron chi connectivity index (χ4n) is 3.06. The number of aromatic nitrogens is 1. The minimum atomic E-state index is -0.272. The average molecular weight is 360 g/mol. The molecule has 2 aliphatic heterocycles. The van der Waals surface area contributed by atoms with Gasteiger partial charge in [0, 0.05) is 60.1 Å². The number of hydrogen-bond acceptors (Lipinski definition) is 7. The second-order valence-electron chi connectivity index (χ2n) is 6.07. The molecule has 0 amide bonds. The van der Waals surface area contributed by atoms with Gasteiger partial charge in [0.25, 0.3) is 0 Å². The molecular weight excluding hydrogens is 334 g/mol. The van der Waals surface area contributed by atoms with Crippen LogP contribution in [0.5, 0.6) is 0 Å². The van der Waals surface area contributed by atoms with Crippen molar-refractivity contribution in [1.82, 2.24) is 15.2 Å². The fourth-order valence-corrected chi connectivity index (χ4v) is 6.09. The highest BCUT2D eigenvalue weighted by Crippen LogP contribution is 2.20. The van der Waals surface area contributed by atoms with E-state index in [-0.39, 0.29) is 12.1 Å². The van der Waals surface area contributed by atoms with Gasteiger partial charge in [0.1, 0.15) is 0 Å². The third-order valence-electron chi connectivity index (χ3n) is 4.18. The zero-order chi connectivity index (χ0) is 15.4. The Balaban J connectivity index is 1.47. The lowest BCUT2D eigenvalue weighted by Crippen LogP contribution is -2.55. The summed E-state index contributed by atoms with van der Waals surface area (Å²) in [5.74, 6) is 4.88. The molecule has 2 fully saturated rings. The number of rotatable bonds is 4. The van der Waals surface area contributed by atoms with Gasteiger partial charge >= 0.3 is 0 Å². The van der Waals surface area contributed by atoms with Crippen molar-refractivity contribution in [3.05, 3.63) is 16.1 Å². The lowest BCUT2D eigenvalue weighted by Gasteiger charge is -2.37. The Morgan fingerprint density at radius 1 is 1.36 bits per heavy atom. The molecule has 0 saturated carbocycles. The summed E-state index contributed by atoms with van der Waals surface area (Å²) in [6.07, 6.45) is 0.752. The van der Waals surface area contributed by atoms with Crippen LogP contribution in [0, 0.1) is 6.92 Å². The first-order chi connectivity index (χ1) is 10.7. The van der Waals surface area contributed by atoms with Crippen molar-refractivity contribution >= 4 is 34.9 Å². The molecule has 2 N–H and O–H groups in total. The average Bonchev–Trinajstić information content (AvgIpc) is 2.74. The largest absolute Gasteiger partial charge is 0.390 e. The number of β-amino-alcohol motifs (C(OH)–C–C–N with tert-alkyl or cyclic N) is 1. The van der Waals surface area contributed by atoms with Gasteiger partial charge in [-0.15, -0.1) is 11.3 Å². The summed E-state index contributed by atoms with van der Waals surface area (Å²) in [4.78, 5) is 6.85. The summed E-state index contributed by atoms with van der Waals surface area (Å²) in [6, 6.07) is 0.794. The van der Waals surface area contributed by atoms with Crippen LogP contribution in [0.2, 0.25) is 0 Å². The van der Waals surface area contributed by atoms with E-state index in [1.807, 2.05) is 30.4 Å². The van der Waals surface area contributed by atoms with E-state index in [9.17, 15) is 5.11 Å². The van der Waals surface area contributed by atoms with Crippen molar-refractivity contribution in [3.8, 4) is 0 Å². The van der Waals surface area contributed by atoms with Crippen molar-refractivity contribution in [2.45, 2.75) is 38.1 Å². The van der Waals surface area contributed by atoms with Crippen molar-refractivity contribution in [2.75, 3.05) is 36.1 Å². The molecule has 2 aliphatic rings. The molecule has 2 atom stereocenters. The summed E-state index contributed by atoms with van der Waals surface area (Å²) in [7, 11) is 0. The van der Waals surface area contributed by atoms with Crippen LogP contribution in [0.15, 0.2) is 5.38 Å². The zero-order valence-electron chi connectivity index (χ0n) is 13.0. The number of thioether (sulfide) groups is 2. The first kappa shape index (κ1) is 17.0. The lowest BCUT2D eigenvalue weighted by molar-refractivity contribution is 0.0343. The number of aliphatic hydroxyl groups excluding tert-OH is 1. The van der Waals surface area contributed by atoms with Crippen molar-refractivity contribution < 1.29 is 5.11 Å². The maximum Gasteiger partial charge on any atom is 0.0897 e. The number of nitrogens with zero attached hydrogens (tertiary/aromatic N) is 2. The van der Waals surface area contributed by atoms with Gasteiger partial charge in [-0.3, -0.25) is 4.90 Å². The molecule has 22 heavy (non-hydrogen) atoms. The second kappa shape index (κ2) is 8.35. The van der Waals surface area contributed by atoms with Gasteiger partial charge < -0.3 is 10.4 Å².